The zero-order chi connectivity index (χ0) is 32.1. The second kappa shape index (κ2) is 10.5. The molecule has 1 amide bonds. The number of hydrogen-bond acceptors (Lipinski definition) is 8. The number of carbonyl (C=O) groups is 1. The second-order valence-corrected chi connectivity index (χ2v) is 13.7. The number of halogens is 2. The van der Waals surface area contributed by atoms with Crippen LogP contribution in [0.4, 0.5) is 5.69 Å². The Hall–Kier alpha value is -4.57. The van der Waals surface area contributed by atoms with Crippen LogP contribution < -0.4 is 21.1 Å². The molecule has 4 atom stereocenters. The van der Waals surface area contributed by atoms with Crippen LogP contribution in [0.25, 0.3) is 28.3 Å². The van der Waals surface area contributed by atoms with Gasteiger partial charge in [-0.2, -0.15) is 4.98 Å². The van der Waals surface area contributed by atoms with E-state index in [-0.39, 0.29) is 35.0 Å². The molecule has 5 aromatic rings. The number of allylic oxidation sites excluding steroid dienone is 1. The minimum atomic E-state index is -0.796. The lowest BCUT2D eigenvalue weighted by Crippen LogP contribution is -2.44. The summed E-state index contributed by atoms with van der Waals surface area (Å²) < 4.78 is 18.6. The molecule has 11 heteroatoms. The second-order valence-electron chi connectivity index (χ2n) is 12.8. The Morgan fingerprint density at radius 3 is 2.68 bits per heavy atom. The molecular formula is C36H29Cl2N5O4. The molecule has 0 saturated heterocycles. The molecule has 2 aromatic heterocycles. The van der Waals surface area contributed by atoms with E-state index in [1.54, 1.807) is 0 Å². The highest BCUT2D eigenvalue weighted by atomic mass is 35.5. The smallest absolute Gasteiger partial charge is 0.250 e. The Balaban J connectivity index is 1.25. The van der Waals surface area contributed by atoms with Crippen molar-refractivity contribution in [1.82, 2.24) is 15.3 Å². The first-order chi connectivity index (χ1) is 22.7. The van der Waals surface area contributed by atoms with Crippen LogP contribution in [0.2, 0.25) is 5.15 Å². The zero-order valence-electron chi connectivity index (χ0n) is 25.4. The van der Waals surface area contributed by atoms with Crippen LogP contribution in [0.3, 0.4) is 0 Å². The van der Waals surface area contributed by atoms with Gasteiger partial charge >= 0.3 is 0 Å². The van der Waals surface area contributed by atoms with Crippen molar-refractivity contribution in [2.24, 2.45) is 11.7 Å². The van der Waals surface area contributed by atoms with E-state index in [1.165, 1.54) is 6.26 Å². The number of ether oxygens (including phenoxy) is 1. The van der Waals surface area contributed by atoms with E-state index in [1.807, 2.05) is 32.0 Å². The van der Waals surface area contributed by atoms with Crippen molar-refractivity contribution in [3.8, 4) is 28.5 Å². The Labute approximate surface area is 280 Å². The van der Waals surface area contributed by atoms with Crippen molar-refractivity contribution in [3.63, 3.8) is 0 Å². The lowest BCUT2D eigenvalue weighted by molar-refractivity contribution is -0.123. The molecule has 4 aliphatic rings. The van der Waals surface area contributed by atoms with E-state index in [9.17, 15) is 4.79 Å². The molecule has 47 heavy (non-hydrogen) atoms. The fraction of sp³-hybridized carbons (Fsp3) is 0.250. The fourth-order valence-electron chi connectivity index (χ4n) is 7.35. The number of nitrogens with two attached hydrogens (primary N) is 1. The van der Waals surface area contributed by atoms with Crippen molar-refractivity contribution < 1.29 is 18.4 Å². The first-order valence-electron chi connectivity index (χ1n) is 15.6. The van der Waals surface area contributed by atoms with E-state index >= 15 is 0 Å². The summed E-state index contributed by atoms with van der Waals surface area (Å²) in [5.41, 5.74) is 15.7. The maximum absolute atomic E-state index is 13.4. The molecular weight excluding hydrogens is 637 g/mol. The number of benzene rings is 3. The van der Waals surface area contributed by atoms with Gasteiger partial charge in [0.2, 0.25) is 11.8 Å². The van der Waals surface area contributed by atoms with Gasteiger partial charge in [-0.1, -0.05) is 85.6 Å². The third kappa shape index (κ3) is 4.37. The highest BCUT2D eigenvalue weighted by Gasteiger charge is 2.43. The first kappa shape index (κ1) is 28.6. The number of nitrogens with one attached hydrogen (secondary N) is 2. The van der Waals surface area contributed by atoms with Crippen molar-refractivity contribution in [3.05, 3.63) is 111 Å². The first-order valence-corrected chi connectivity index (χ1v) is 16.4. The van der Waals surface area contributed by atoms with Crippen molar-refractivity contribution in [1.29, 1.82) is 0 Å². The normalized spacial score (nSPS) is 22.2. The topological polar surface area (TPSA) is 128 Å². The van der Waals surface area contributed by atoms with Crippen molar-refractivity contribution in [2.75, 3.05) is 5.32 Å². The third-order valence-electron chi connectivity index (χ3n) is 9.57. The van der Waals surface area contributed by atoms with Crippen LogP contribution in [0, 0.1) is 5.92 Å². The monoisotopic (exact) mass is 665 g/mol. The van der Waals surface area contributed by atoms with Gasteiger partial charge in [0.15, 0.2) is 22.8 Å². The molecule has 3 aliphatic heterocycles. The Bertz CT molecular complexity index is 2170. The zero-order valence-corrected chi connectivity index (χ0v) is 26.9. The van der Waals surface area contributed by atoms with Gasteiger partial charge in [-0.15, -0.1) is 0 Å². The average Bonchev–Trinajstić information content (AvgIpc) is 3.86. The van der Waals surface area contributed by atoms with E-state index in [0.29, 0.717) is 40.8 Å². The molecule has 9 rings (SSSR count). The Morgan fingerprint density at radius 1 is 1.00 bits per heavy atom. The molecule has 5 heterocycles. The molecule has 0 fully saturated rings. The van der Waals surface area contributed by atoms with Gasteiger partial charge in [-0.3, -0.25) is 4.79 Å². The molecule has 10 bridgehead atoms. The van der Waals surface area contributed by atoms with Crippen molar-refractivity contribution >= 4 is 40.4 Å². The quantitative estimate of drug-likeness (QED) is 0.172. The predicted octanol–water partition coefficient (Wildman–Crippen LogP) is 7.18. The molecule has 1 unspecified atom stereocenters. The SMILES string of the molecule is CC(C)[C@@H]1NC(=O)[C@@H](N)Cc2ccc3c(c2)C2c4cccc(c4N[C@H]2O3)-c2cccc3c2C(=C(Cl)C3)c2oc(nc2Cl)-c2coc1n2. The summed E-state index contributed by atoms with van der Waals surface area (Å²) in [6, 6.07) is 17.2. The van der Waals surface area contributed by atoms with Crippen LogP contribution >= 0.6 is 23.2 Å². The molecule has 0 spiro atoms. The van der Waals surface area contributed by atoms with E-state index < -0.39 is 12.1 Å². The van der Waals surface area contributed by atoms with Crippen LogP contribution in [-0.4, -0.2) is 28.1 Å². The number of amides is 1. The molecule has 0 radical (unpaired) electrons. The van der Waals surface area contributed by atoms with Crippen LogP contribution in [0.15, 0.2) is 74.7 Å². The molecule has 9 nitrogen and oxygen atoms in total. The predicted molar refractivity (Wildman–Crippen MR) is 178 cm³/mol. The summed E-state index contributed by atoms with van der Waals surface area (Å²) in [7, 11) is 0. The maximum Gasteiger partial charge on any atom is 0.250 e. The summed E-state index contributed by atoms with van der Waals surface area (Å²) >= 11 is 13.8. The molecule has 236 valence electrons. The Kier molecular flexibility index (Phi) is 6.38. The molecule has 0 saturated carbocycles. The van der Waals surface area contributed by atoms with Gasteiger partial charge in [0.1, 0.15) is 18.1 Å². The maximum atomic E-state index is 13.4. The van der Waals surface area contributed by atoms with Gasteiger partial charge in [0.25, 0.3) is 5.89 Å². The molecule has 4 N–H and O–H groups in total. The minimum absolute atomic E-state index is 0.0370. The van der Waals surface area contributed by atoms with Crippen LogP contribution in [0.1, 0.15) is 65.3 Å². The van der Waals surface area contributed by atoms with E-state index in [4.69, 9.17) is 42.5 Å². The van der Waals surface area contributed by atoms with Crippen LogP contribution in [-0.2, 0) is 17.6 Å². The third-order valence-corrected chi connectivity index (χ3v) is 10.1. The lowest BCUT2D eigenvalue weighted by Gasteiger charge is -2.21. The summed E-state index contributed by atoms with van der Waals surface area (Å²) in [6.07, 6.45) is 2.06. The van der Waals surface area contributed by atoms with E-state index in [0.717, 1.165) is 50.4 Å². The van der Waals surface area contributed by atoms with Crippen LogP contribution in [0.5, 0.6) is 5.75 Å². The standard InChI is InChI=1S/C36H29Cl2N5O4/c1-15(2)29-36-40-24(14-45-36)34-43-32(38)31(47-34)28-22(37)13-17-5-3-6-18(26(17)28)19-7-4-8-20-27-21-11-16(12-23(39)33(44)41-29)9-10-25(21)46-35(27)42-30(19)20/h3-11,14-15,23,27,29,35,42H,12-13,39H2,1-2H3,(H,41,44)/t23-,27?,29-,35-/m0/s1. The van der Waals surface area contributed by atoms with Gasteiger partial charge in [-0.05, 0) is 46.2 Å². The molecule has 1 aliphatic carbocycles. The number of rotatable bonds is 1. The largest absolute Gasteiger partial charge is 0.469 e. The number of para-hydroxylation sites is 1. The lowest BCUT2D eigenvalue weighted by atomic mass is 9.87. The summed E-state index contributed by atoms with van der Waals surface area (Å²) in [4.78, 5) is 22.6. The average molecular weight is 667 g/mol. The van der Waals surface area contributed by atoms with Gasteiger partial charge in [-0.25, -0.2) is 4.98 Å². The van der Waals surface area contributed by atoms with E-state index in [2.05, 4.69) is 57.0 Å². The van der Waals surface area contributed by atoms with Gasteiger partial charge in [0.05, 0.1) is 12.0 Å². The number of fused-ring (bicyclic) bond motifs is 8. The summed E-state index contributed by atoms with van der Waals surface area (Å²) in [5, 5.41) is 7.49. The minimum Gasteiger partial charge on any atom is -0.469 e. The van der Waals surface area contributed by atoms with Gasteiger partial charge < -0.3 is 29.9 Å². The summed E-state index contributed by atoms with van der Waals surface area (Å²) in [6.45, 7) is 3.95. The fourth-order valence-corrected chi connectivity index (χ4v) is 7.89. The number of carbonyl (C=O) groups excluding carboxylic acids is 1. The van der Waals surface area contributed by atoms with Crippen molar-refractivity contribution in [2.45, 2.75) is 50.9 Å². The van der Waals surface area contributed by atoms with Gasteiger partial charge in [0, 0.05) is 33.8 Å². The number of hydrogen-bond donors (Lipinski definition) is 3. The number of aromatic nitrogens is 2. The number of oxazole rings is 2. The highest BCUT2D eigenvalue weighted by Crippen LogP contribution is 2.54. The Morgan fingerprint density at radius 2 is 1.83 bits per heavy atom. The molecule has 3 aromatic carbocycles. The number of anilines is 1. The number of nitrogens with zero attached hydrogens (tertiary/aromatic N) is 2. The summed E-state index contributed by atoms with van der Waals surface area (Å²) in [5.74, 6) is 1.28. The highest BCUT2D eigenvalue weighted by molar-refractivity contribution is 6.36.